The second-order valence-electron chi connectivity index (χ2n) is 3.83. The van der Waals surface area contributed by atoms with Gasteiger partial charge in [-0.25, -0.2) is 0 Å². The van der Waals surface area contributed by atoms with E-state index in [0.29, 0.717) is 22.8 Å². The van der Waals surface area contributed by atoms with Gasteiger partial charge in [-0.1, -0.05) is 23.7 Å². The topological polar surface area (TPSA) is 34.9 Å². The largest absolute Gasteiger partial charge is 0.287 e. The molecule has 0 unspecified atom stereocenters. The van der Waals surface area contributed by atoms with E-state index in [9.17, 15) is 4.79 Å². The molecule has 0 aliphatic carbocycles. The van der Waals surface area contributed by atoms with Crippen LogP contribution >= 0.6 is 11.6 Å². The van der Waals surface area contributed by atoms with Crippen LogP contribution in [0, 0.1) is 6.92 Å². The van der Waals surface area contributed by atoms with Crippen LogP contribution in [-0.2, 0) is 6.54 Å². The van der Waals surface area contributed by atoms with Gasteiger partial charge >= 0.3 is 0 Å². The first-order valence-corrected chi connectivity index (χ1v) is 5.84. The Hall–Kier alpha value is -1.61. The maximum atomic E-state index is 12.2. The molecule has 0 radical (unpaired) electrons. The molecule has 0 aliphatic heterocycles. The highest BCUT2D eigenvalue weighted by molar-refractivity contribution is 6.31. The van der Waals surface area contributed by atoms with Crippen LogP contribution in [0.25, 0.3) is 0 Å². The Balaban J connectivity index is 2.40. The first-order chi connectivity index (χ1) is 8.13. The molecule has 3 nitrogen and oxygen atoms in total. The lowest BCUT2D eigenvalue weighted by molar-refractivity contribution is 0.102. The minimum absolute atomic E-state index is 0.0498. The molecular weight excluding hydrogens is 236 g/mol. The zero-order valence-electron chi connectivity index (χ0n) is 9.77. The third-order valence-corrected chi connectivity index (χ3v) is 3.09. The van der Waals surface area contributed by atoms with Crippen molar-refractivity contribution in [1.82, 2.24) is 9.78 Å². The fraction of sp³-hybridized carbons (Fsp3) is 0.231. The van der Waals surface area contributed by atoms with Crippen LogP contribution in [0.4, 0.5) is 0 Å². The van der Waals surface area contributed by atoms with E-state index in [1.165, 1.54) is 0 Å². The van der Waals surface area contributed by atoms with Gasteiger partial charge in [-0.15, -0.1) is 0 Å². The van der Waals surface area contributed by atoms with Gasteiger partial charge in [0, 0.05) is 23.3 Å². The number of carbonyl (C=O) groups is 1. The van der Waals surface area contributed by atoms with Crippen molar-refractivity contribution in [3.05, 3.63) is 52.3 Å². The summed E-state index contributed by atoms with van der Waals surface area (Å²) in [4.78, 5) is 12.2. The molecule has 0 fully saturated rings. The zero-order valence-corrected chi connectivity index (χ0v) is 10.5. The van der Waals surface area contributed by atoms with Crippen molar-refractivity contribution in [2.24, 2.45) is 0 Å². The second kappa shape index (κ2) is 4.72. The van der Waals surface area contributed by atoms with Crippen molar-refractivity contribution in [3.8, 4) is 0 Å². The highest BCUT2D eigenvalue weighted by Crippen LogP contribution is 2.19. The van der Waals surface area contributed by atoms with E-state index >= 15 is 0 Å². The second-order valence-corrected chi connectivity index (χ2v) is 4.23. The Morgan fingerprint density at radius 1 is 1.41 bits per heavy atom. The number of aromatic nitrogens is 2. The van der Waals surface area contributed by atoms with E-state index in [4.69, 9.17) is 11.6 Å². The van der Waals surface area contributed by atoms with E-state index in [2.05, 4.69) is 5.10 Å². The third-order valence-electron chi connectivity index (χ3n) is 2.68. The van der Waals surface area contributed by atoms with Crippen LogP contribution in [-0.4, -0.2) is 15.6 Å². The van der Waals surface area contributed by atoms with Crippen molar-refractivity contribution >= 4 is 17.4 Å². The minimum atomic E-state index is -0.0498. The normalized spacial score (nSPS) is 10.5. The minimum Gasteiger partial charge on any atom is -0.287 e. The lowest BCUT2D eigenvalue weighted by atomic mass is 10.1. The zero-order chi connectivity index (χ0) is 12.4. The van der Waals surface area contributed by atoms with Gasteiger partial charge in [0.1, 0.15) is 5.69 Å². The molecule has 0 atom stereocenters. The SMILES string of the molecule is CCn1nccc1C(=O)c1ccc(C)c(Cl)c1. The Morgan fingerprint density at radius 3 is 2.82 bits per heavy atom. The van der Waals surface area contributed by atoms with Gasteiger partial charge in [-0.2, -0.15) is 5.10 Å². The molecule has 0 aliphatic rings. The molecular formula is C13H13ClN2O. The van der Waals surface area contributed by atoms with Crippen molar-refractivity contribution in [1.29, 1.82) is 0 Å². The van der Waals surface area contributed by atoms with Gasteiger partial charge < -0.3 is 0 Å². The summed E-state index contributed by atoms with van der Waals surface area (Å²) in [6, 6.07) is 7.06. The lowest BCUT2D eigenvalue weighted by Crippen LogP contribution is -2.10. The molecule has 0 saturated carbocycles. The fourth-order valence-electron chi connectivity index (χ4n) is 1.66. The molecule has 0 N–H and O–H groups in total. The Labute approximate surface area is 105 Å². The summed E-state index contributed by atoms with van der Waals surface area (Å²) in [6.07, 6.45) is 1.63. The first-order valence-electron chi connectivity index (χ1n) is 5.46. The maximum Gasteiger partial charge on any atom is 0.211 e. The standard InChI is InChI=1S/C13H13ClN2O/c1-3-16-12(6-7-15-16)13(17)10-5-4-9(2)11(14)8-10/h4-8H,3H2,1-2H3. The molecule has 2 rings (SSSR count). The predicted molar refractivity (Wildman–Crippen MR) is 67.5 cm³/mol. The average molecular weight is 249 g/mol. The third kappa shape index (κ3) is 2.24. The van der Waals surface area contributed by atoms with Crippen molar-refractivity contribution in [3.63, 3.8) is 0 Å². The van der Waals surface area contributed by atoms with Gasteiger partial charge in [0.05, 0.1) is 0 Å². The molecule has 1 aromatic carbocycles. The van der Waals surface area contributed by atoms with E-state index in [-0.39, 0.29) is 5.78 Å². The lowest BCUT2D eigenvalue weighted by Gasteiger charge is -2.05. The fourth-order valence-corrected chi connectivity index (χ4v) is 1.84. The van der Waals surface area contributed by atoms with E-state index in [0.717, 1.165) is 5.56 Å². The molecule has 0 amide bonds. The number of aryl methyl sites for hydroxylation is 2. The van der Waals surface area contributed by atoms with Gasteiger partial charge in [-0.05, 0) is 31.5 Å². The van der Waals surface area contributed by atoms with Crippen molar-refractivity contribution < 1.29 is 4.79 Å². The quantitative estimate of drug-likeness (QED) is 0.783. The van der Waals surface area contributed by atoms with Crippen LogP contribution in [0.15, 0.2) is 30.5 Å². The van der Waals surface area contributed by atoms with E-state index in [1.54, 1.807) is 29.1 Å². The highest BCUT2D eigenvalue weighted by atomic mass is 35.5. The van der Waals surface area contributed by atoms with Crippen LogP contribution < -0.4 is 0 Å². The molecule has 0 saturated heterocycles. The van der Waals surface area contributed by atoms with Gasteiger partial charge in [0.25, 0.3) is 0 Å². The Morgan fingerprint density at radius 2 is 2.18 bits per heavy atom. The van der Waals surface area contributed by atoms with Crippen molar-refractivity contribution in [2.45, 2.75) is 20.4 Å². The van der Waals surface area contributed by atoms with E-state index in [1.807, 2.05) is 19.9 Å². The monoisotopic (exact) mass is 248 g/mol. The number of benzene rings is 1. The van der Waals surface area contributed by atoms with Crippen molar-refractivity contribution in [2.75, 3.05) is 0 Å². The molecule has 0 spiro atoms. The maximum absolute atomic E-state index is 12.2. The molecule has 2 aromatic rings. The summed E-state index contributed by atoms with van der Waals surface area (Å²) < 4.78 is 1.68. The first kappa shape index (κ1) is 11.9. The summed E-state index contributed by atoms with van der Waals surface area (Å²) in [5, 5.41) is 4.69. The summed E-state index contributed by atoms with van der Waals surface area (Å²) in [6.45, 7) is 4.53. The average Bonchev–Trinajstić information content (AvgIpc) is 2.80. The smallest absolute Gasteiger partial charge is 0.211 e. The number of hydrogen-bond donors (Lipinski definition) is 0. The Bertz CT molecular complexity index is 560. The number of rotatable bonds is 3. The molecule has 88 valence electrons. The summed E-state index contributed by atoms with van der Waals surface area (Å²) >= 11 is 6.02. The Kier molecular flexibility index (Phi) is 3.29. The molecule has 0 bridgehead atoms. The highest BCUT2D eigenvalue weighted by Gasteiger charge is 2.14. The van der Waals surface area contributed by atoms with Gasteiger partial charge in [-0.3, -0.25) is 9.48 Å². The van der Waals surface area contributed by atoms with E-state index < -0.39 is 0 Å². The number of halogens is 1. The number of ketones is 1. The summed E-state index contributed by atoms with van der Waals surface area (Å²) in [5.41, 5.74) is 2.15. The molecule has 1 aromatic heterocycles. The van der Waals surface area contributed by atoms with Crippen LogP contribution in [0.5, 0.6) is 0 Å². The van der Waals surface area contributed by atoms with Crippen LogP contribution in [0.3, 0.4) is 0 Å². The number of carbonyl (C=O) groups excluding carboxylic acids is 1. The molecule has 1 heterocycles. The number of hydrogen-bond acceptors (Lipinski definition) is 2. The van der Waals surface area contributed by atoms with Crippen LogP contribution in [0.1, 0.15) is 28.5 Å². The van der Waals surface area contributed by atoms with Crippen LogP contribution in [0.2, 0.25) is 5.02 Å². The van der Waals surface area contributed by atoms with Gasteiger partial charge in [0.15, 0.2) is 0 Å². The summed E-state index contributed by atoms with van der Waals surface area (Å²) in [7, 11) is 0. The summed E-state index contributed by atoms with van der Waals surface area (Å²) in [5.74, 6) is -0.0498. The molecule has 17 heavy (non-hydrogen) atoms. The number of nitrogens with zero attached hydrogens (tertiary/aromatic N) is 2. The molecule has 4 heteroatoms. The van der Waals surface area contributed by atoms with Gasteiger partial charge in [0.2, 0.25) is 5.78 Å². The predicted octanol–water partition coefficient (Wildman–Crippen LogP) is 3.10.